The summed E-state index contributed by atoms with van der Waals surface area (Å²) in [7, 11) is 0. The van der Waals surface area contributed by atoms with Gasteiger partial charge in [-0.05, 0) is 31.5 Å². The molecule has 104 valence electrons. The molecule has 2 N–H and O–H groups in total. The number of halogens is 2. The number of rotatable bonds is 2. The Morgan fingerprint density at radius 1 is 1.42 bits per heavy atom. The largest absolute Gasteiger partial charge is 0.393 e. The Kier molecular flexibility index (Phi) is 4.55. The number of nitrogens with one attached hydrogen (secondary N) is 1. The minimum absolute atomic E-state index is 0.147. The molecule has 1 heterocycles. The first-order valence-electron chi connectivity index (χ1n) is 6.16. The molecule has 0 bridgehead atoms. The lowest BCUT2D eigenvalue weighted by atomic mass is 10.0. The molecule has 2 amide bonds. The Morgan fingerprint density at radius 3 is 2.58 bits per heavy atom. The molecule has 2 unspecified atom stereocenters. The number of aliphatic hydroxyl groups excluding tert-OH is 1. The fraction of sp³-hybridized carbons (Fsp3) is 0.462. The van der Waals surface area contributed by atoms with Gasteiger partial charge in [-0.1, -0.05) is 23.2 Å². The fourth-order valence-corrected chi connectivity index (χ4v) is 2.72. The maximum Gasteiger partial charge on any atom is 0.321 e. The summed E-state index contributed by atoms with van der Waals surface area (Å²) in [5.74, 6) is 0.147. The first-order chi connectivity index (χ1) is 8.95. The lowest BCUT2D eigenvalue weighted by Gasteiger charge is -2.18. The van der Waals surface area contributed by atoms with Gasteiger partial charge in [0.2, 0.25) is 0 Å². The van der Waals surface area contributed by atoms with E-state index in [1.165, 1.54) is 0 Å². The summed E-state index contributed by atoms with van der Waals surface area (Å²) in [6, 6.07) is 4.71. The van der Waals surface area contributed by atoms with Crippen molar-refractivity contribution in [3.8, 4) is 0 Å². The highest BCUT2D eigenvalue weighted by atomic mass is 35.5. The van der Waals surface area contributed by atoms with Gasteiger partial charge in [-0.15, -0.1) is 0 Å². The molecule has 0 spiro atoms. The predicted octanol–water partition coefficient (Wildman–Crippen LogP) is 3.23. The normalized spacial score (nSPS) is 20.4. The molecule has 0 aromatic heterocycles. The van der Waals surface area contributed by atoms with Crippen molar-refractivity contribution in [1.29, 1.82) is 0 Å². The van der Waals surface area contributed by atoms with Crippen LogP contribution in [0.25, 0.3) is 0 Å². The van der Waals surface area contributed by atoms with Crippen LogP contribution in [0.4, 0.5) is 10.5 Å². The van der Waals surface area contributed by atoms with Crippen LogP contribution < -0.4 is 5.32 Å². The van der Waals surface area contributed by atoms with Crippen LogP contribution in [-0.2, 0) is 0 Å². The van der Waals surface area contributed by atoms with E-state index in [0.29, 0.717) is 28.8 Å². The van der Waals surface area contributed by atoms with Gasteiger partial charge in [0.1, 0.15) is 0 Å². The minimum Gasteiger partial charge on any atom is -0.393 e. The smallest absolute Gasteiger partial charge is 0.321 e. The van der Waals surface area contributed by atoms with E-state index >= 15 is 0 Å². The number of carbonyl (C=O) groups excluding carboxylic acids is 1. The number of hydrogen-bond acceptors (Lipinski definition) is 2. The monoisotopic (exact) mass is 302 g/mol. The number of hydrogen-bond donors (Lipinski definition) is 2. The molecule has 0 aliphatic carbocycles. The van der Waals surface area contributed by atoms with Crippen molar-refractivity contribution >= 4 is 34.9 Å². The molecule has 1 fully saturated rings. The fourth-order valence-electron chi connectivity index (χ4n) is 2.19. The number of nitrogens with zero attached hydrogens (tertiary/aromatic N) is 1. The van der Waals surface area contributed by atoms with Crippen molar-refractivity contribution in [1.82, 2.24) is 4.90 Å². The van der Waals surface area contributed by atoms with Crippen molar-refractivity contribution in [3.63, 3.8) is 0 Å². The number of likely N-dealkylation sites (tertiary alicyclic amines) is 1. The molecule has 2 rings (SSSR count). The van der Waals surface area contributed by atoms with Crippen LogP contribution in [-0.4, -0.2) is 35.2 Å². The number of amides is 2. The topological polar surface area (TPSA) is 52.6 Å². The maximum absolute atomic E-state index is 12.1. The van der Waals surface area contributed by atoms with Crippen molar-refractivity contribution < 1.29 is 9.90 Å². The molecule has 2 atom stereocenters. The van der Waals surface area contributed by atoms with Gasteiger partial charge in [-0.25, -0.2) is 4.79 Å². The molecule has 19 heavy (non-hydrogen) atoms. The van der Waals surface area contributed by atoms with Gasteiger partial charge in [0, 0.05) is 34.7 Å². The zero-order chi connectivity index (χ0) is 14.0. The summed E-state index contributed by atoms with van der Waals surface area (Å²) in [4.78, 5) is 13.7. The highest BCUT2D eigenvalue weighted by Crippen LogP contribution is 2.24. The van der Waals surface area contributed by atoms with Gasteiger partial charge in [0.15, 0.2) is 0 Å². The Morgan fingerprint density at radius 2 is 2.05 bits per heavy atom. The second-order valence-electron chi connectivity index (χ2n) is 4.82. The quantitative estimate of drug-likeness (QED) is 0.881. The molecule has 4 nitrogen and oxygen atoms in total. The van der Waals surface area contributed by atoms with Crippen molar-refractivity contribution in [2.24, 2.45) is 5.92 Å². The third-order valence-corrected chi connectivity index (χ3v) is 3.74. The van der Waals surface area contributed by atoms with Gasteiger partial charge in [-0.3, -0.25) is 0 Å². The second-order valence-corrected chi connectivity index (χ2v) is 5.70. The Labute approximate surface area is 122 Å². The average molecular weight is 303 g/mol. The van der Waals surface area contributed by atoms with E-state index in [1.807, 2.05) is 0 Å². The van der Waals surface area contributed by atoms with Gasteiger partial charge in [0.05, 0.1) is 6.10 Å². The number of anilines is 1. The minimum atomic E-state index is -0.390. The summed E-state index contributed by atoms with van der Waals surface area (Å²) >= 11 is 11.8. The van der Waals surface area contributed by atoms with Crippen LogP contribution in [0, 0.1) is 5.92 Å². The van der Waals surface area contributed by atoms with Gasteiger partial charge in [0.25, 0.3) is 0 Å². The SMILES string of the molecule is CC(O)C1CCN(C(=O)Nc2cc(Cl)cc(Cl)c2)C1. The third kappa shape index (κ3) is 3.75. The second kappa shape index (κ2) is 5.99. The summed E-state index contributed by atoms with van der Waals surface area (Å²) < 4.78 is 0. The maximum atomic E-state index is 12.1. The Hall–Kier alpha value is -0.970. The lowest BCUT2D eigenvalue weighted by molar-refractivity contribution is 0.130. The van der Waals surface area contributed by atoms with E-state index in [4.69, 9.17) is 23.2 Å². The van der Waals surface area contributed by atoms with Gasteiger partial charge >= 0.3 is 6.03 Å². The van der Waals surface area contributed by atoms with Crippen molar-refractivity contribution in [2.45, 2.75) is 19.4 Å². The molecule has 1 aromatic carbocycles. The van der Waals surface area contributed by atoms with E-state index in [1.54, 1.807) is 30.0 Å². The van der Waals surface area contributed by atoms with Crippen LogP contribution in [0.5, 0.6) is 0 Å². The van der Waals surface area contributed by atoms with Crippen LogP contribution in [0.2, 0.25) is 10.0 Å². The standard InChI is InChI=1S/C13H16Cl2N2O2/c1-8(18)9-2-3-17(7-9)13(19)16-12-5-10(14)4-11(15)6-12/h4-6,8-9,18H,2-3,7H2,1H3,(H,16,19). The lowest BCUT2D eigenvalue weighted by Crippen LogP contribution is -2.34. The van der Waals surface area contributed by atoms with E-state index in [-0.39, 0.29) is 11.9 Å². The van der Waals surface area contributed by atoms with Crippen LogP contribution >= 0.6 is 23.2 Å². The molecule has 1 aliphatic rings. The molecular formula is C13H16Cl2N2O2. The van der Waals surface area contributed by atoms with E-state index in [9.17, 15) is 9.90 Å². The zero-order valence-electron chi connectivity index (χ0n) is 10.6. The molecule has 1 saturated heterocycles. The van der Waals surface area contributed by atoms with Crippen LogP contribution in [0.15, 0.2) is 18.2 Å². The molecule has 1 aliphatic heterocycles. The third-order valence-electron chi connectivity index (χ3n) is 3.31. The summed E-state index contributed by atoms with van der Waals surface area (Å²) in [6.07, 6.45) is 0.430. The molecule has 6 heteroatoms. The van der Waals surface area contributed by atoms with Crippen molar-refractivity contribution in [2.75, 3.05) is 18.4 Å². The van der Waals surface area contributed by atoms with E-state index < -0.39 is 6.10 Å². The highest BCUT2D eigenvalue weighted by Gasteiger charge is 2.29. The molecule has 0 saturated carbocycles. The van der Waals surface area contributed by atoms with Gasteiger partial charge in [-0.2, -0.15) is 0 Å². The number of urea groups is 1. The first-order valence-corrected chi connectivity index (χ1v) is 6.91. The van der Waals surface area contributed by atoms with E-state index in [2.05, 4.69) is 5.32 Å². The first kappa shape index (κ1) is 14.4. The number of carbonyl (C=O) groups is 1. The van der Waals surface area contributed by atoms with Gasteiger partial charge < -0.3 is 15.3 Å². The zero-order valence-corrected chi connectivity index (χ0v) is 12.1. The molecular weight excluding hydrogens is 287 g/mol. The van der Waals surface area contributed by atoms with E-state index in [0.717, 1.165) is 6.42 Å². The number of benzene rings is 1. The predicted molar refractivity (Wildman–Crippen MR) is 76.8 cm³/mol. The Balaban J connectivity index is 1.98. The van der Waals surface area contributed by atoms with Crippen molar-refractivity contribution in [3.05, 3.63) is 28.2 Å². The van der Waals surface area contributed by atoms with Crippen LogP contribution in [0.3, 0.4) is 0 Å². The number of aliphatic hydroxyl groups is 1. The van der Waals surface area contributed by atoms with Crippen LogP contribution in [0.1, 0.15) is 13.3 Å². The average Bonchev–Trinajstić information content (AvgIpc) is 2.76. The summed E-state index contributed by atoms with van der Waals surface area (Å²) in [5.41, 5.74) is 0.572. The highest BCUT2D eigenvalue weighted by molar-refractivity contribution is 6.35. The summed E-state index contributed by atoms with van der Waals surface area (Å²) in [6.45, 7) is 2.97. The molecule has 1 aromatic rings. The Bertz CT molecular complexity index is 459. The molecule has 0 radical (unpaired) electrons. The summed E-state index contributed by atoms with van der Waals surface area (Å²) in [5, 5.41) is 13.2.